The Kier molecular flexibility index (Phi) is 3.18. The minimum Gasteiger partial charge on any atom is -0.461 e. The van der Waals surface area contributed by atoms with Crippen molar-refractivity contribution in [2.75, 3.05) is 6.61 Å². The molecule has 0 fully saturated rings. The minimum absolute atomic E-state index is 0.332. The lowest BCUT2D eigenvalue weighted by Crippen LogP contribution is -2.06. The normalized spacial score (nSPS) is 10.2. The first kappa shape index (κ1) is 11.3. The van der Waals surface area contributed by atoms with E-state index in [1.165, 1.54) is 0 Å². The van der Waals surface area contributed by atoms with Crippen LogP contribution in [0.3, 0.4) is 0 Å². The molecule has 2 aromatic heterocycles. The van der Waals surface area contributed by atoms with Gasteiger partial charge in [0, 0.05) is 23.7 Å². The van der Waals surface area contributed by atoms with Gasteiger partial charge in [-0.15, -0.1) is 0 Å². The van der Waals surface area contributed by atoms with Crippen LogP contribution >= 0.6 is 0 Å². The summed E-state index contributed by atoms with van der Waals surface area (Å²) in [5.74, 6) is 0.245. The van der Waals surface area contributed by atoms with Crippen LogP contribution in [0.25, 0.3) is 11.4 Å². The van der Waals surface area contributed by atoms with Gasteiger partial charge in [0.1, 0.15) is 5.82 Å². The highest BCUT2D eigenvalue weighted by Gasteiger charge is 2.16. The first-order valence-corrected chi connectivity index (χ1v) is 5.36. The van der Waals surface area contributed by atoms with Gasteiger partial charge < -0.3 is 9.72 Å². The van der Waals surface area contributed by atoms with E-state index in [0.717, 1.165) is 5.56 Å². The Morgan fingerprint density at radius 3 is 2.76 bits per heavy atom. The molecule has 0 spiro atoms. The lowest BCUT2D eigenvalue weighted by Gasteiger charge is -1.97. The average Bonchev–Trinajstić information content (AvgIpc) is 2.73. The molecule has 0 atom stereocenters. The van der Waals surface area contributed by atoms with Crippen molar-refractivity contribution in [2.24, 2.45) is 0 Å². The highest BCUT2D eigenvalue weighted by atomic mass is 16.5. The number of aromatic amines is 1. The van der Waals surface area contributed by atoms with Crippen LogP contribution in [0.4, 0.5) is 0 Å². The zero-order valence-corrected chi connectivity index (χ0v) is 9.73. The summed E-state index contributed by atoms with van der Waals surface area (Å²) in [6, 6.07) is 3.65. The van der Waals surface area contributed by atoms with Crippen LogP contribution in [0.15, 0.2) is 24.5 Å². The summed E-state index contributed by atoms with van der Waals surface area (Å²) in [7, 11) is 0. The number of pyridine rings is 1. The molecule has 2 heterocycles. The molecule has 0 saturated heterocycles. The molecule has 0 aliphatic heterocycles. The summed E-state index contributed by atoms with van der Waals surface area (Å²) in [4.78, 5) is 22.8. The molecule has 0 bridgehead atoms. The Labute approximate surface area is 98.9 Å². The molecule has 0 radical (unpaired) electrons. The molecule has 0 unspecified atom stereocenters. The van der Waals surface area contributed by atoms with Crippen molar-refractivity contribution in [3.63, 3.8) is 0 Å². The number of carbonyl (C=O) groups is 1. The van der Waals surface area contributed by atoms with Crippen LogP contribution in [0.5, 0.6) is 0 Å². The summed E-state index contributed by atoms with van der Waals surface area (Å²) in [6.45, 7) is 3.91. The molecule has 0 amide bonds. The Morgan fingerprint density at radius 2 is 2.12 bits per heavy atom. The van der Waals surface area contributed by atoms with Crippen LogP contribution < -0.4 is 0 Å². The van der Waals surface area contributed by atoms with Crippen molar-refractivity contribution >= 4 is 5.97 Å². The molecular formula is C12H13N3O2. The number of rotatable bonds is 3. The number of esters is 1. The predicted octanol–water partition coefficient (Wildman–Crippen LogP) is 1.96. The van der Waals surface area contributed by atoms with Gasteiger partial charge in [-0.05, 0) is 26.0 Å². The van der Waals surface area contributed by atoms with Gasteiger partial charge in [0.2, 0.25) is 0 Å². The number of hydrogen-bond acceptors (Lipinski definition) is 4. The van der Waals surface area contributed by atoms with Crippen LogP contribution in [0, 0.1) is 6.92 Å². The summed E-state index contributed by atoms with van der Waals surface area (Å²) >= 11 is 0. The molecule has 0 saturated carbocycles. The Morgan fingerprint density at radius 1 is 1.41 bits per heavy atom. The second-order valence-electron chi connectivity index (χ2n) is 3.52. The SMILES string of the molecule is CCOC(=O)c1nc(-c2ccncc2)[nH]c1C. The quantitative estimate of drug-likeness (QED) is 0.820. The van der Waals surface area contributed by atoms with Gasteiger partial charge in [-0.2, -0.15) is 0 Å². The van der Waals surface area contributed by atoms with E-state index in [1.54, 1.807) is 26.2 Å². The van der Waals surface area contributed by atoms with Crippen molar-refractivity contribution in [2.45, 2.75) is 13.8 Å². The molecular weight excluding hydrogens is 218 g/mol. The van der Waals surface area contributed by atoms with Gasteiger partial charge in [-0.1, -0.05) is 0 Å². The third-order valence-corrected chi connectivity index (χ3v) is 2.31. The highest BCUT2D eigenvalue weighted by molar-refractivity contribution is 5.89. The number of hydrogen-bond donors (Lipinski definition) is 1. The van der Waals surface area contributed by atoms with E-state index in [1.807, 2.05) is 12.1 Å². The highest BCUT2D eigenvalue weighted by Crippen LogP contribution is 2.17. The van der Waals surface area contributed by atoms with Gasteiger partial charge >= 0.3 is 5.97 Å². The Balaban J connectivity index is 2.34. The zero-order chi connectivity index (χ0) is 12.3. The Hall–Kier alpha value is -2.17. The maximum Gasteiger partial charge on any atom is 0.358 e. The van der Waals surface area contributed by atoms with E-state index in [4.69, 9.17) is 4.74 Å². The maximum atomic E-state index is 11.6. The molecule has 2 rings (SSSR count). The van der Waals surface area contributed by atoms with Crippen LogP contribution in [0.1, 0.15) is 23.1 Å². The summed E-state index contributed by atoms with van der Waals surface area (Å²) in [5, 5.41) is 0. The van der Waals surface area contributed by atoms with E-state index in [9.17, 15) is 4.79 Å². The molecule has 2 aromatic rings. The number of nitrogens with one attached hydrogen (secondary N) is 1. The topological polar surface area (TPSA) is 67.9 Å². The molecule has 0 aliphatic rings. The summed E-state index contributed by atoms with van der Waals surface area (Å²) < 4.78 is 4.92. The van der Waals surface area contributed by atoms with Crippen molar-refractivity contribution in [1.29, 1.82) is 0 Å². The molecule has 1 N–H and O–H groups in total. The number of ether oxygens (including phenoxy) is 1. The maximum absolute atomic E-state index is 11.6. The molecule has 5 heteroatoms. The van der Waals surface area contributed by atoms with Gasteiger partial charge in [0.15, 0.2) is 5.69 Å². The molecule has 88 valence electrons. The molecule has 5 nitrogen and oxygen atoms in total. The number of H-pyrrole nitrogens is 1. The Bertz CT molecular complexity index is 520. The number of imidazole rings is 1. The van der Waals surface area contributed by atoms with E-state index in [2.05, 4.69) is 15.0 Å². The third kappa shape index (κ3) is 2.33. The standard InChI is InChI=1S/C12H13N3O2/c1-3-17-12(16)10-8(2)14-11(15-10)9-4-6-13-7-5-9/h4-7H,3H2,1-2H3,(H,14,15). The van der Waals surface area contributed by atoms with E-state index in [0.29, 0.717) is 23.8 Å². The summed E-state index contributed by atoms with van der Waals surface area (Å²) in [6.07, 6.45) is 3.36. The largest absolute Gasteiger partial charge is 0.461 e. The fourth-order valence-corrected chi connectivity index (χ4v) is 1.51. The fourth-order valence-electron chi connectivity index (χ4n) is 1.51. The number of aromatic nitrogens is 3. The van der Waals surface area contributed by atoms with Gasteiger partial charge in [-0.3, -0.25) is 4.98 Å². The zero-order valence-electron chi connectivity index (χ0n) is 9.73. The van der Waals surface area contributed by atoms with E-state index >= 15 is 0 Å². The summed E-state index contributed by atoms with van der Waals surface area (Å²) in [5.41, 5.74) is 1.92. The lowest BCUT2D eigenvalue weighted by molar-refractivity contribution is 0.0519. The predicted molar refractivity (Wildman–Crippen MR) is 62.5 cm³/mol. The molecule has 17 heavy (non-hydrogen) atoms. The van der Waals surface area contributed by atoms with Gasteiger partial charge in [0.05, 0.1) is 6.61 Å². The monoisotopic (exact) mass is 231 g/mol. The van der Waals surface area contributed by atoms with Crippen LogP contribution in [-0.4, -0.2) is 27.5 Å². The molecule has 0 aliphatic carbocycles. The number of carbonyl (C=O) groups excluding carboxylic acids is 1. The second-order valence-corrected chi connectivity index (χ2v) is 3.52. The van der Waals surface area contributed by atoms with E-state index in [-0.39, 0.29) is 0 Å². The van der Waals surface area contributed by atoms with E-state index < -0.39 is 5.97 Å². The van der Waals surface area contributed by atoms with Crippen molar-refractivity contribution < 1.29 is 9.53 Å². The fraction of sp³-hybridized carbons (Fsp3) is 0.250. The number of aryl methyl sites for hydroxylation is 1. The lowest BCUT2D eigenvalue weighted by atomic mass is 10.2. The second kappa shape index (κ2) is 4.78. The van der Waals surface area contributed by atoms with Crippen LogP contribution in [-0.2, 0) is 4.74 Å². The molecule has 0 aromatic carbocycles. The van der Waals surface area contributed by atoms with Crippen LogP contribution in [0.2, 0.25) is 0 Å². The van der Waals surface area contributed by atoms with Gasteiger partial charge in [0.25, 0.3) is 0 Å². The minimum atomic E-state index is -0.401. The smallest absolute Gasteiger partial charge is 0.358 e. The average molecular weight is 231 g/mol. The van der Waals surface area contributed by atoms with Crippen molar-refractivity contribution in [1.82, 2.24) is 15.0 Å². The van der Waals surface area contributed by atoms with Crippen molar-refractivity contribution in [3.8, 4) is 11.4 Å². The van der Waals surface area contributed by atoms with Gasteiger partial charge in [-0.25, -0.2) is 9.78 Å². The van der Waals surface area contributed by atoms with Crippen molar-refractivity contribution in [3.05, 3.63) is 35.9 Å². The number of nitrogens with zero attached hydrogens (tertiary/aromatic N) is 2. The first-order valence-electron chi connectivity index (χ1n) is 5.36. The first-order chi connectivity index (χ1) is 8.22. The third-order valence-electron chi connectivity index (χ3n) is 2.31.